The minimum atomic E-state index is 0.983. The third-order valence-electron chi connectivity index (χ3n) is 3.99. The Balaban J connectivity index is 2.23. The van der Waals surface area contributed by atoms with Crippen LogP contribution in [0.2, 0.25) is 0 Å². The molecule has 0 saturated heterocycles. The molecule has 0 fully saturated rings. The first-order valence-electron chi connectivity index (χ1n) is 6.91. The minimum Gasteiger partial charge on any atom is -0.322 e. The summed E-state index contributed by atoms with van der Waals surface area (Å²) in [4.78, 5) is 4.79. The van der Waals surface area contributed by atoms with E-state index in [1.165, 1.54) is 46.5 Å². The lowest BCUT2D eigenvalue weighted by atomic mass is 9.94. The van der Waals surface area contributed by atoms with Gasteiger partial charge < -0.3 is 4.57 Å². The van der Waals surface area contributed by atoms with Crippen molar-refractivity contribution in [2.24, 2.45) is 0 Å². The second-order valence-corrected chi connectivity index (χ2v) is 6.27. The van der Waals surface area contributed by atoms with Crippen LogP contribution >= 0.6 is 15.9 Å². The van der Waals surface area contributed by atoms with Crippen molar-refractivity contribution < 1.29 is 0 Å². The maximum Gasteiger partial charge on any atom is 0.177 e. The highest BCUT2D eigenvalue weighted by molar-refractivity contribution is 9.10. The van der Waals surface area contributed by atoms with E-state index in [0.29, 0.717) is 0 Å². The molecule has 1 aliphatic rings. The molecule has 0 spiro atoms. The average molecular weight is 319 g/mol. The molecule has 0 radical (unpaired) electrons. The summed E-state index contributed by atoms with van der Waals surface area (Å²) < 4.78 is 3.31. The quantitative estimate of drug-likeness (QED) is 0.752. The van der Waals surface area contributed by atoms with Crippen LogP contribution in [0.3, 0.4) is 0 Å². The predicted octanol–water partition coefficient (Wildman–Crippen LogP) is 4.57. The Morgan fingerprint density at radius 3 is 2.47 bits per heavy atom. The first-order valence-corrected chi connectivity index (χ1v) is 7.70. The lowest BCUT2D eigenvalue weighted by Crippen LogP contribution is -2.10. The lowest BCUT2D eigenvalue weighted by Gasteiger charge is -2.17. The number of benzene rings is 1. The van der Waals surface area contributed by atoms with Crippen molar-refractivity contribution in [3.05, 3.63) is 39.3 Å². The summed E-state index contributed by atoms with van der Waals surface area (Å²) in [5, 5.41) is 0. The Morgan fingerprint density at radius 1 is 1.11 bits per heavy atom. The van der Waals surface area contributed by atoms with Gasteiger partial charge in [-0.1, -0.05) is 17.7 Å². The first kappa shape index (κ1) is 12.9. The number of imidazole rings is 1. The number of fused-ring (bicyclic) bond motifs is 1. The van der Waals surface area contributed by atoms with Gasteiger partial charge in [0.15, 0.2) is 4.73 Å². The third-order valence-corrected chi connectivity index (χ3v) is 4.59. The van der Waals surface area contributed by atoms with Crippen molar-refractivity contribution in [1.29, 1.82) is 0 Å². The Hall–Kier alpha value is -1.09. The molecular weight excluding hydrogens is 300 g/mol. The largest absolute Gasteiger partial charge is 0.322 e. The Morgan fingerprint density at radius 2 is 1.79 bits per heavy atom. The van der Waals surface area contributed by atoms with Gasteiger partial charge in [0.05, 0.1) is 5.69 Å². The smallest absolute Gasteiger partial charge is 0.177 e. The molecule has 0 amide bonds. The molecule has 1 aromatic heterocycles. The summed E-state index contributed by atoms with van der Waals surface area (Å²) in [5.41, 5.74) is 7.88. The Kier molecular flexibility index (Phi) is 3.25. The van der Waals surface area contributed by atoms with Gasteiger partial charge in [-0.2, -0.15) is 0 Å². The third kappa shape index (κ3) is 2.14. The SMILES string of the molecule is Cc1cc(C)c(-c2nc(Br)n3c2CCCC3)c(C)c1. The van der Waals surface area contributed by atoms with Crippen LogP contribution in [-0.2, 0) is 13.0 Å². The van der Waals surface area contributed by atoms with Crippen molar-refractivity contribution in [2.45, 2.75) is 46.6 Å². The number of hydrogen-bond acceptors (Lipinski definition) is 1. The molecule has 0 bridgehead atoms. The summed E-state index contributed by atoms with van der Waals surface area (Å²) >= 11 is 3.62. The molecule has 0 N–H and O–H groups in total. The Bertz CT molecular complexity index is 617. The van der Waals surface area contributed by atoms with Gasteiger partial charge in [-0.25, -0.2) is 4.98 Å². The minimum absolute atomic E-state index is 0.983. The van der Waals surface area contributed by atoms with Crippen molar-refractivity contribution in [1.82, 2.24) is 9.55 Å². The Labute approximate surface area is 123 Å². The molecular formula is C16H19BrN2. The van der Waals surface area contributed by atoms with Gasteiger partial charge in [0.25, 0.3) is 0 Å². The van der Waals surface area contributed by atoms with E-state index in [1.807, 2.05) is 0 Å². The van der Waals surface area contributed by atoms with Crippen LogP contribution in [0.4, 0.5) is 0 Å². The maximum absolute atomic E-state index is 4.79. The highest BCUT2D eigenvalue weighted by Gasteiger charge is 2.21. The number of rotatable bonds is 1. The maximum atomic E-state index is 4.79. The molecule has 0 atom stereocenters. The zero-order valence-electron chi connectivity index (χ0n) is 11.8. The first-order chi connectivity index (χ1) is 9.08. The summed E-state index contributed by atoms with van der Waals surface area (Å²) in [7, 11) is 0. The molecule has 3 heteroatoms. The molecule has 1 aliphatic heterocycles. The van der Waals surface area contributed by atoms with Crippen molar-refractivity contribution in [3.8, 4) is 11.3 Å². The van der Waals surface area contributed by atoms with Crippen LogP contribution in [0, 0.1) is 20.8 Å². The molecule has 1 aromatic carbocycles. The van der Waals surface area contributed by atoms with Crippen LogP contribution in [-0.4, -0.2) is 9.55 Å². The van der Waals surface area contributed by atoms with E-state index in [-0.39, 0.29) is 0 Å². The van der Waals surface area contributed by atoms with Crippen LogP contribution in [0.25, 0.3) is 11.3 Å². The van der Waals surface area contributed by atoms with E-state index in [2.05, 4.69) is 53.4 Å². The fourth-order valence-corrected chi connectivity index (χ4v) is 3.82. The highest BCUT2D eigenvalue weighted by atomic mass is 79.9. The molecule has 3 rings (SSSR count). The topological polar surface area (TPSA) is 17.8 Å². The number of nitrogens with zero attached hydrogens (tertiary/aromatic N) is 2. The molecule has 0 unspecified atom stereocenters. The average Bonchev–Trinajstić information content (AvgIpc) is 2.67. The second kappa shape index (κ2) is 4.78. The number of halogens is 1. The zero-order chi connectivity index (χ0) is 13.6. The van der Waals surface area contributed by atoms with E-state index < -0.39 is 0 Å². The molecule has 2 nitrogen and oxygen atoms in total. The van der Waals surface area contributed by atoms with Crippen molar-refractivity contribution in [3.63, 3.8) is 0 Å². The summed E-state index contributed by atoms with van der Waals surface area (Å²) in [6.07, 6.45) is 3.67. The summed E-state index contributed by atoms with van der Waals surface area (Å²) in [5.74, 6) is 0. The molecule has 2 heterocycles. The predicted molar refractivity (Wildman–Crippen MR) is 82.5 cm³/mol. The molecule has 0 saturated carbocycles. The highest BCUT2D eigenvalue weighted by Crippen LogP contribution is 2.34. The van der Waals surface area contributed by atoms with Crippen LogP contribution in [0.5, 0.6) is 0 Å². The summed E-state index contributed by atoms with van der Waals surface area (Å²) in [6, 6.07) is 4.51. The molecule has 100 valence electrons. The van der Waals surface area contributed by atoms with Gasteiger partial charge in [-0.05, 0) is 67.1 Å². The monoisotopic (exact) mass is 318 g/mol. The van der Waals surface area contributed by atoms with Gasteiger partial charge in [0, 0.05) is 17.8 Å². The number of hydrogen-bond donors (Lipinski definition) is 0. The fraction of sp³-hybridized carbons (Fsp3) is 0.438. The van der Waals surface area contributed by atoms with E-state index >= 15 is 0 Å². The van der Waals surface area contributed by atoms with E-state index in [4.69, 9.17) is 4.98 Å². The van der Waals surface area contributed by atoms with Crippen LogP contribution < -0.4 is 0 Å². The zero-order valence-corrected chi connectivity index (χ0v) is 13.3. The van der Waals surface area contributed by atoms with E-state index in [0.717, 1.165) is 17.7 Å². The van der Waals surface area contributed by atoms with Gasteiger partial charge in [0.2, 0.25) is 0 Å². The van der Waals surface area contributed by atoms with Gasteiger partial charge >= 0.3 is 0 Å². The lowest BCUT2D eigenvalue weighted by molar-refractivity contribution is 0.525. The number of aromatic nitrogens is 2. The van der Waals surface area contributed by atoms with Crippen LogP contribution in [0.15, 0.2) is 16.9 Å². The standard InChI is InChI=1S/C16H19BrN2/c1-10-8-11(2)14(12(3)9-10)15-13-6-4-5-7-19(13)16(17)18-15/h8-9H,4-7H2,1-3H3. The number of aryl methyl sites for hydroxylation is 3. The molecule has 2 aromatic rings. The summed E-state index contributed by atoms with van der Waals surface area (Å²) in [6.45, 7) is 7.63. The fourth-order valence-electron chi connectivity index (χ4n) is 3.25. The van der Waals surface area contributed by atoms with Gasteiger partial charge in [-0.3, -0.25) is 0 Å². The van der Waals surface area contributed by atoms with Crippen LogP contribution in [0.1, 0.15) is 35.2 Å². The second-order valence-electron chi connectivity index (χ2n) is 5.56. The van der Waals surface area contributed by atoms with Crippen molar-refractivity contribution >= 4 is 15.9 Å². The molecule has 0 aliphatic carbocycles. The van der Waals surface area contributed by atoms with E-state index in [1.54, 1.807) is 0 Å². The molecule has 19 heavy (non-hydrogen) atoms. The van der Waals surface area contributed by atoms with Gasteiger partial charge in [0.1, 0.15) is 0 Å². The van der Waals surface area contributed by atoms with Gasteiger partial charge in [-0.15, -0.1) is 0 Å². The van der Waals surface area contributed by atoms with Crippen molar-refractivity contribution in [2.75, 3.05) is 0 Å². The normalized spacial score (nSPS) is 14.5. The van der Waals surface area contributed by atoms with E-state index in [9.17, 15) is 0 Å².